The number of β-amino-alcohol motifs (C(OH)–C–C–N with tert-alkyl or cyclic N) is 1. The molecule has 0 bridgehead atoms. The van der Waals surface area contributed by atoms with Crippen LogP contribution < -0.4 is 4.90 Å². The molecule has 0 saturated carbocycles. The number of aliphatic hydroxyl groups excluding tert-OH is 1. The first-order valence-electron chi connectivity index (χ1n) is 8.80. The average Bonchev–Trinajstić information content (AvgIpc) is 3.14. The Morgan fingerprint density at radius 1 is 1.04 bits per heavy atom. The number of halogens is 3. The van der Waals surface area contributed by atoms with E-state index in [-0.39, 0.29) is 0 Å². The largest absolute Gasteiger partial charge is 0.416 e. The summed E-state index contributed by atoms with van der Waals surface area (Å²) in [5.41, 5.74) is 1.07. The number of hydrogen-bond acceptors (Lipinski definition) is 5. The van der Waals surface area contributed by atoms with E-state index in [1.54, 1.807) is 24.5 Å². The number of aliphatic hydroxyl groups is 1. The Morgan fingerprint density at radius 2 is 1.82 bits per heavy atom. The highest BCUT2D eigenvalue weighted by Gasteiger charge is 2.30. The first-order chi connectivity index (χ1) is 13.4. The molecule has 8 heteroatoms. The van der Waals surface area contributed by atoms with Crippen LogP contribution in [0.5, 0.6) is 0 Å². The van der Waals surface area contributed by atoms with Gasteiger partial charge in [0.25, 0.3) is 0 Å². The Balaban J connectivity index is 1.77. The maximum atomic E-state index is 12.8. The molecular weight excluding hydrogens is 369 g/mol. The standard InChI is InChI=1S/C20H17F3N4O/c21-20(22,23)15-5-3-13(4-6-15)17-10-18(27-9-7-16(28)12-27)26-19(25-17)14-2-1-8-24-11-14/h1-6,8,10-11,16,28H,7,9,12H2. The number of hydrogen-bond donors (Lipinski definition) is 1. The summed E-state index contributed by atoms with van der Waals surface area (Å²) in [6.45, 7) is 1.10. The van der Waals surface area contributed by atoms with Gasteiger partial charge >= 0.3 is 6.18 Å². The summed E-state index contributed by atoms with van der Waals surface area (Å²) in [6, 6.07) is 10.2. The average molecular weight is 386 g/mol. The molecule has 1 saturated heterocycles. The first-order valence-corrected chi connectivity index (χ1v) is 8.80. The van der Waals surface area contributed by atoms with Crippen LogP contribution in [0.3, 0.4) is 0 Å². The van der Waals surface area contributed by atoms with Gasteiger partial charge in [0.1, 0.15) is 5.82 Å². The molecule has 1 aromatic carbocycles. The number of benzene rings is 1. The van der Waals surface area contributed by atoms with E-state index in [2.05, 4.69) is 15.0 Å². The molecule has 5 nitrogen and oxygen atoms in total. The third-order valence-electron chi connectivity index (χ3n) is 4.63. The van der Waals surface area contributed by atoms with E-state index in [1.165, 1.54) is 12.1 Å². The third kappa shape index (κ3) is 3.82. The lowest BCUT2D eigenvalue weighted by Crippen LogP contribution is -2.22. The zero-order chi connectivity index (χ0) is 19.7. The molecule has 1 fully saturated rings. The van der Waals surface area contributed by atoms with Crippen LogP contribution >= 0.6 is 0 Å². The normalized spacial score (nSPS) is 17.1. The molecule has 1 aliphatic rings. The number of alkyl halides is 3. The number of rotatable bonds is 3. The van der Waals surface area contributed by atoms with Crippen molar-refractivity contribution in [1.29, 1.82) is 0 Å². The van der Waals surface area contributed by atoms with Crippen molar-refractivity contribution in [3.8, 4) is 22.6 Å². The highest BCUT2D eigenvalue weighted by atomic mass is 19.4. The van der Waals surface area contributed by atoms with Crippen LogP contribution in [0, 0.1) is 0 Å². The van der Waals surface area contributed by atoms with Gasteiger partial charge in [-0.05, 0) is 30.7 Å². The zero-order valence-corrected chi connectivity index (χ0v) is 14.8. The first kappa shape index (κ1) is 18.4. The Morgan fingerprint density at radius 3 is 2.43 bits per heavy atom. The molecule has 4 rings (SSSR count). The summed E-state index contributed by atoms with van der Waals surface area (Å²) in [6.07, 6.45) is -0.898. The molecule has 3 heterocycles. The van der Waals surface area contributed by atoms with Crippen molar-refractivity contribution >= 4 is 5.82 Å². The lowest BCUT2D eigenvalue weighted by Gasteiger charge is -2.18. The van der Waals surface area contributed by atoms with Crippen LogP contribution in [0.25, 0.3) is 22.6 Å². The zero-order valence-electron chi connectivity index (χ0n) is 14.8. The molecule has 1 atom stereocenters. The summed E-state index contributed by atoms with van der Waals surface area (Å²) >= 11 is 0. The van der Waals surface area contributed by atoms with Gasteiger partial charge in [-0.15, -0.1) is 0 Å². The van der Waals surface area contributed by atoms with Gasteiger partial charge in [0.2, 0.25) is 0 Å². The van der Waals surface area contributed by atoms with Gasteiger partial charge in [0.15, 0.2) is 5.82 Å². The summed E-state index contributed by atoms with van der Waals surface area (Å²) in [5.74, 6) is 1.06. The van der Waals surface area contributed by atoms with Crippen LogP contribution in [0.4, 0.5) is 19.0 Å². The maximum absolute atomic E-state index is 12.8. The quantitative estimate of drug-likeness (QED) is 0.742. The summed E-state index contributed by atoms with van der Waals surface area (Å²) in [5, 5.41) is 9.84. The van der Waals surface area contributed by atoms with Crippen molar-refractivity contribution in [3.63, 3.8) is 0 Å². The van der Waals surface area contributed by atoms with Crippen LogP contribution in [0.15, 0.2) is 54.9 Å². The Bertz CT molecular complexity index is 961. The van der Waals surface area contributed by atoms with Crippen LogP contribution in [0.1, 0.15) is 12.0 Å². The number of nitrogens with zero attached hydrogens (tertiary/aromatic N) is 4. The van der Waals surface area contributed by atoms with E-state index >= 15 is 0 Å². The summed E-state index contributed by atoms with van der Waals surface area (Å²) < 4.78 is 38.5. The molecule has 28 heavy (non-hydrogen) atoms. The molecule has 3 aromatic rings. The van der Waals surface area contributed by atoms with Crippen molar-refractivity contribution in [3.05, 3.63) is 60.4 Å². The monoisotopic (exact) mass is 386 g/mol. The molecule has 0 aliphatic carbocycles. The van der Waals surface area contributed by atoms with Gasteiger partial charge in [-0.2, -0.15) is 13.2 Å². The fourth-order valence-electron chi connectivity index (χ4n) is 3.15. The van der Waals surface area contributed by atoms with Crippen molar-refractivity contribution in [2.24, 2.45) is 0 Å². The fourth-order valence-corrected chi connectivity index (χ4v) is 3.15. The van der Waals surface area contributed by atoms with Gasteiger partial charge in [0.05, 0.1) is 17.4 Å². The molecule has 2 aromatic heterocycles. The number of anilines is 1. The van der Waals surface area contributed by atoms with Crippen LogP contribution in [-0.4, -0.2) is 39.3 Å². The SMILES string of the molecule is OC1CCN(c2cc(-c3ccc(C(F)(F)F)cc3)nc(-c3cccnc3)n2)C1. The van der Waals surface area contributed by atoms with Crippen LogP contribution in [-0.2, 0) is 6.18 Å². The van der Waals surface area contributed by atoms with Crippen molar-refractivity contribution in [1.82, 2.24) is 15.0 Å². The van der Waals surface area contributed by atoms with E-state index < -0.39 is 17.8 Å². The Labute approximate surface area is 159 Å². The van der Waals surface area contributed by atoms with Gasteiger partial charge in [-0.3, -0.25) is 4.98 Å². The lowest BCUT2D eigenvalue weighted by molar-refractivity contribution is -0.137. The molecule has 0 radical (unpaired) electrons. The molecule has 1 aliphatic heterocycles. The van der Waals surface area contributed by atoms with Crippen molar-refractivity contribution in [2.45, 2.75) is 18.7 Å². The summed E-state index contributed by atoms with van der Waals surface area (Å²) in [4.78, 5) is 15.1. The minimum atomic E-state index is -4.39. The van der Waals surface area contributed by atoms with E-state index in [0.29, 0.717) is 48.0 Å². The minimum Gasteiger partial charge on any atom is -0.391 e. The second kappa shape index (κ2) is 7.20. The smallest absolute Gasteiger partial charge is 0.391 e. The van der Waals surface area contributed by atoms with Gasteiger partial charge in [-0.1, -0.05) is 12.1 Å². The fraction of sp³-hybridized carbons (Fsp3) is 0.250. The summed E-state index contributed by atoms with van der Waals surface area (Å²) in [7, 11) is 0. The van der Waals surface area contributed by atoms with E-state index in [1.807, 2.05) is 11.0 Å². The predicted octanol–water partition coefficient (Wildman–Crippen LogP) is 3.80. The third-order valence-corrected chi connectivity index (χ3v) is 4.63. The van der Waals surface area contributed by atoms with Gasteiger partial charge in [-0.25, -0.2) is 9.97 Å². The van der Waals surface area contributed by atoms with Crippen LogP contribution in [0.2, 0.25) is 0 Å². The topological polar surface area (TPSA) is 62.1 Å². The molecule has 0 spiro atoms. The van der Waals surface area contributed by atoms with Crippen molar-refractivity contribution < 1.29 is 18.3 Å². The van der Waals surface area contributed by atoms with Gasteiger partial charge in [0, 0.05) is 42.7 Å². The molecular formula is C20H17F3N4O. The second-order valence-electron chi connectivity index (χ2n) is 6.64. The Kier molecular flexibility index (Phi) is 4.72. The molecule has 1 N–H and O–H groups in total. The highest BCUT2D eigenvalue weighted by Crippen LogP contribution is 2.32. The molecule has 144 valence electrons. The second-order valence-corrected chi connectivity index (χ2v) is 6.64. The van der Waals surface area contributed by atoms with E-state index in [4.69, 9.17) is 0 Å². The molecule has 0 amide bonds. The number of pyridine rings is 1. The number of aromatic nitrogens is 3. The minimum absolute atomic E-state index is 0.425. The highest BCUT2D eigenvalue weighted by molar-refractivity contribution is 5.68. The van der Waals surface area contributed by atoms with E-state index in [9.17, 15) is 18.3 Å². The Hall–Kier alpha value is -3.00. The lowest BCUT2D eigenvalue weighted by atomic mass is 10.1. The van der Waals surface area contributed by atoms with Crippen molar-refractivity contribution in [2.75, 3.05) is 18.0 Å². The van der Waals surface area contributed by atoms with E-state index in [0.717, 1.165) is 12.1 Å². The van der Waals surface area contributed by atoms with Gasteiger partial charge < -0.3 is 10.0 Å². The maximum Gasteiger partial charge on any atom is 0.416 e. The molecule has 1 unspecified atom stereocenters. The predicted molar refractivity (Wildman–Crippen MR) is 98.5 cm³/mol.